The van der Waals surface area contributed by atoms with Crippen LogP contribution in [-0.2, 0) is 4.74 Å². The van der Waals surface area contributed by atoms with Crippen LogP contribution in [0.1, 0.15) is 46.5 Å². The molecule has 1 heterocycles. The van der Waals surface area contributed by atoms with Gasteiger partial charge in [-0.3, -0.25) is 10.8 Å². The normalized spacial score (nSPS) is 14.6. The number of likely N-dealkylation sites (N-methyl/N-ethyl adjacent to an activating group) is 1. The minimum atomic E-state index is 0. The molecule has 0 aromatic carbocycles. The maximum absolute atomic E-state index is 7.95. The van der Waals surface area contributed by atoms with E-state index in [9.17, 15) is 0 Å². The van der Waals surface area contributed by atoms with Gasteiger partial charge in [0, 0.05) is 13.1 Å². The zero-order chi connectivity index (χ0) is 13.4. The van der Waals surface area contributed by atoms with E-state index in [1.54, 1.807) is 0 Å². The summed E-state index contributed by atoms with van der Waals surface area (Å²) in [7, 11) is 2.04. The monoisotopic (exact) mass is 301 g/mol. The standard InChI is InChI=1S/C14H25N3O.CH4.H2S/c1-3-4-5-6-10-18-14(16)13(15)12-8-7-9-17(2)11-12;;/h8,15-16H,3-7,9-11H2,1-2H3;1H4;1H2. The van der Waals surface area contributed by atoms with Gasteiger partial charge in [0.2, 0.25) is 5.90 Å². The smallest absolute Gasteiger partial charge is 0.232 e. The highest BCUT2D eigenvalue weighted by molar-refractivity contribution is 7.59. The Balaban J connectivity index is 0. The largest absolute Gasteiger partial charge is 0.477 e. The first-order valence-corrected chi connectivity index (χ1v) is 6.83. The van der Waals surface area contributed by atoms with Gasteiger partial charge in [0.05, 0.1) is 6.61 Å². The van der Waals surface area contributed by atoms with Crippen LogP contribution in [-0.4, -0.2) is 43.3 Å². The van der Waals surface area contributed by atoms with Gasteiger partial charge in [0.1, 0.15) is 5.71 Å². The molecule has 0 saturated heterocycles. The topological polar surface area (TPSA) is 60.2 Å². The van der Waals surface area contributed by atoms with E-state index in [1.165, 1.54) is 12.8 Å². The summed E-state index contributed by atoms with van der Waals surface area (Å²) in [6.07, 6.45) is 7.54. The van der Waals surface area contributed by atoms with E-state index in [0.717, 1.165) is 37.9 Å². The van der Waals surface area contributed by atoms with Crippen LogP contribution >= 0.6 is 13.5 Å². The van der Waals surface area contributed by atoms with Crippen LogP contribution in [0.25, 0.3) is 0 Å². The molecular formula is C15H31N3OS. The van der Waals surface area contributed by atoms with Crippen molar-refractivity contribution < 1.29 is 4.74 Å². The molecule has 0 atom stereocenters. The first-order chi connectivity index (χ1) is 8.65. The SMILES string of the molecule is C.CCCCCCOC(=N)C(=N)C1=CCCN(C)C1.S. The van der Waals surface area contributed by atoms with Gasteiger partial charge in [-0.1, -0.05) is 39.7 Å². The summed E-state index contributed by atoms with van der Waals surface area (Å²) in [6, 6.07) is 0. The molecular weight excluding hydrogens is 270 g/mol. The number of nitrogens with zero attached hydrogens (tertiary/aromatic N) is 1. The minimum absolute atomic E-state index is 0. The molecule has 2 N–H and O–H groups in total. The van der Waals surface area contributed by atoms with Gasteiger partial charge >= 0.3 is 0 Å². The molecule has 0 aromatic heterocycles. The van der Waals surface area contributed by atoms with Gasteiger partial charge in [-0.15, -0.1) is 0 Å². The van der Waals surface area contributed by atoms with Crippen molar-refractivity contribution in [3.05, 3.63) is 11.6 Å². The molecule has 0 saturated carbocycles. The lowest BCUT2D eigenvalue weighted by Crippen LogP contribution is -2.31. The number of rotatable bonds is 7. The van der Waals surface area contributed by atoms with Crippen LogP contribution in [0.5, 0.6) is 0 Å². The second kappa shape index (κ2) is 12.0. The number of nitrogens with one attached hydrogen (secondary N) is 2. The van der Waals surface area contributed by atoms with Crippen molar-refractivity contribution >= 4 is 25.1 Å². The van der Waals surface area contributed by atoms with E-state index in [4.69, 9.17) is 15.6 Å². The van der Waals surface area contributed by atoms with Crippen molar-refractivity contribution in [2.45, 2.75) is 46.5 Å². The third-order valence-electron chi connectivity index (χ3n) is 3.13. The van der Waals surface area contributed by atoms with E-state index in [-0.39, 0.29) is 32.5 Å². The maximum Gasteiger partial charge on any atom is 0.232 e. The maximum atomic E-state index is 7.95. The van der Waals surface area contributed by atoms with Crippen molar-refractivity contribution in [1.29, 1.82) is 10.8 Å². The molecule has 0 bridgehead atoms. The van der Waals surface area contributed by atoms with Crippen molar-refractivity contribution in [2.75, 3.05) is 26.7 Å². The average Bonchev–Trinajstić information content (AvgIpc) is 2.37. The van der Waals surface area contributed by atoms with Gasteiger partial charge in [0.25, 0.3) is 0 Å². The number of unbranched alkanes of at least 4 members (excludes halogenated alkanes) is 3. The summed E-state index contributed by atoms with van der Waals surface area (Å²) in [5.41, 5.74) is 1.17. The fraction of sp³-hybridized carbons (Fsp3) is 0.733. The molecule has 0 unspecified atom stereocenters. The summed E-state index contributed by atoms with van der Waals surface area (Å²) in [5, 5.41) is 15.7. The average molecular weight is 302 g/mol. The van der Waals surface area contributed by atoms with Crippen LogP contribution < -0.4 is 0 Å². The molecule has 1 aliphatic heterocycles. The summed E-state index contributed by atoms with van der Waals surface area (Å²) in [5.74, 6) is 0.0213. The lowest BCUT2D eigenvalue weighted by molar-refractivity contribution is 0.295. The van der Waals surface area contributed by atoms with E-state index in [2.05, 4.69) is 17.9 Å². The molecule has 0 aromatic rings. The fourth-order valence-corrected chi connectivity index (χ4v) is 2.00. The lowest BCUT2D eigenvalue weighted by Gasteiger charge is -2.23. The second-order valence-electron chi connectivity index (χ2n) is 4.87. The van der Waals surface area contributed by atoms with E-state index in [0.29, 0.717) is 6.61 Å². The van der Waals surface area contributed by atoms with Crippen molar-refractivity contribution in [1.82, 2.24) is 4.90 Å². The predicted octanol–water partition coefficient (Wildman–Crippen LogP) is 3.59. The first kappa shape index (κ1) is 21.5. The first-order valence-electron chi connectivity index (χ1n) is 6.83. The lowest BCUT2D eigenvalue weighted by atomic mass is 10.1. The van der Waals surface area contributed by atoms with Crippen molar-refractivity contribution in [2.24, 2.45) is 0 Å². The summed E-state index contributed by atoms with van der Waals surface area (Å²) in [4.78, 5) is 2.17. The van der Waals surface area contributed by atoms with Gasteiger partial charge in [-0.05, 0) is 25.5 Å². The third-order valence-corrected chi connectivity index (χ3v) is 3.13. The molecule has 0 spiro atoms. The Kier molecular flexibility index (Phi) is 12.9. The van der Waals surface area contributed by atoms with Gasteiger partial charge < -0.3 is 9.64 Å². The van der Waals surface area contributed by atoms with Crippen LogP contribution in [0, 0.1) is 10.8 Å². The highest BCUT2D eigenvalue weighted by atomic mass is 32.1. The number of hydrogen-bond donors (Lipinski definition) is 2. The van der Waals surface area contributed by atoms with Crippen molar-refractivity contribution in [3.63, 3.8) is 0 Å². The molecule has 0 radical (unpaired) electrons. The zero-order valence-corrected chi connectivity index (χ0v) is 13.1. The Bertz CT molecular complexity index is 329. The molecule has 1 aliphatic rings. The third kappa shape index (κ3) is 7.70. The van der Waals surface area contributed by atoms with Gasteiger partial charge in [-0.2, -0.15) is 13.5 Å². The Morgan fingerprint density at radius 3 is 2.60 bits per heavy atom. The molecule has 0 aliphatic carbocycles. The molecule has 118 valence electrons. The van der Waals surface area contributed by atoms with Gasteiger partial charge in [0.15, 0.2) is 0 Å². The molecule has 0 fully saturated rings. The predicted molar refractivity (Wildman–Crippen MR) is 92.9 cm³/mol. The highest BCUT2D eigenvalue weighted by Gasteiger charge is 2.16. The Hall–Kier alpha value is -0.810. The van der Waals surface area contributed by atoms with E-state index in [1.807, 2.05) is 7.05 Å². The van der Waals surface area contributed by atoms with E-state index < -0.39 is 0 Å². The Labute approximate surface area is 131 Å². The summed E-state index contributed by atoms with van der Waals surface area (Å²) < 4.78 is 5.34. The molecule has 5 heteroatoms. The van der Waals surface area contributed by atoms with Crippen LogP contribution in [0.4, 0.5) is 0 Å². The summed E-state index contributed by atoms with van der Waals surface area (Å²) in [6.45, 7) is 4.51. The fourth-order valence-electron chi connectivity index (χ4n) is 2.00. The van der Waals surface area contributed by atoms with E-state index >= 15 is 0 Å². The second-order valence-corrected chi connectivity index (χ2v) is 4.87. The van der Waals surface area contributed by atoms with Crippen LogP contribution in [0.2, 0.25) is 0 Å². The Morgan fingerprint density at radius 2 is 2.00 bits per heavy atom. The van der Waals surface area contributed by atoms with Crippen LogP contribution in [0.3, 0.4) is 0 Å². The highest BCUT2D eigenvalue weighted by Crippen LogP contribution is 2.10. The molecule has 4 nitrogen and oxygen atoms in total. The summed E-state index contributed by atoms with van der Waals surface area (Å²) >= 11 is 0. The molecule has 20 heavy (non-hydrogen) atoms. The quantitative estimate of drug-likeness (QED) is 0.429. The van der Waals surface area contributed by atoms with Crippen molar-refractivity contribution in [3.8, 4) is 0 Å². The minimum Gasteiger partial charge on any atom is -0.477 e. The van der Waals surface area contributed by atoms with Gasteiger partial charge in [-0.25, -0.2) is 0 Å². The Morgan fingerprint density at radius 1 is 1.30 bits per heavy atom. The molecule has 0 amide bonds. The zero-order valence-electron chi connectivity index (χ0n) is 12.1. The molecule has 1 rings (SSSR count). The van der Waals surface area contributed by atoms with Crippen LogP contribution in [0.15, 0.2) is 11.6 Å². The number of hydrogen-bond acceptors (Lipinski definition) is 4. The number of ether oxygens (including phenoxy) is 1.